The Labute approximate surface area is 94.0 Å². The summed E-state index contributed by atoms with van der Waals surface area (Å²) in [5, 5.41) is 9.08. The van der Waals surface area contributed by atoms with Crippen LogP contribution in [0.25, 0.3) is 11.4 Å². The van der Waals surface area contributed by atoms with Crippen molar-refractivity contribution in [3.63, 3.8) is 0 Å². The van der Waals surface area contributed by atoms with Crippen LogP contribution in [0.5, 0.6) is 0 Å². The molecule has 0 aliphatic carbocycles. The van der Waals surface area contributed by atoms with Gasteiger partial charge in [-0.1, -0.05) is 6.07 Å². The number of fused-ring (bicyclic) bond motifs is 1. The molecule has 0 atom stereocenters. The first kappa shape index (κ1) is 9.17. The van der Waals surface area contributed by atoms with E-state index in [2.05, 4.69) is 15.6 Å². The van der Waals surface area contributed by atoms with E-state index in [4.69, 9.17) is 5.26 Å². The molecule has 2 aromatic rings. The third-order valence-electron chi connectivity index (χ3n) is 3.05. The number of aromatic nitrogens is 2. The number of rotatable bonds is 1. The first-order valence-corrected chi connectivity index (χ1v) is 5.44. The lowest BCUT2D eigenvalue weighted by molar-refractivity contribution is 0.754. The summed E-state index contributed by atoms with van der Waals surface area (Å²) in [5.41, 5.74) is 4.00. The van der Waals surface area contributed by atoms with Crippen LogP contribution in [0.1, 0.15) is 17.7 Å². The molecule has 3 heterocycles. The molecular formula is C13H11N3. The van der Waals surface area contributed by atoms with Crippen LogP contribution in [0.3, 0.4) is 0 Å². The molecule has 16 heavy (non-hydrogen) atoms. The molecular weight excluding hydrogens is 198 g/mol. The minimum Gasteiger partial charge on any atom is -0.342 e. The number of hydrogen-bond acceptors (Lipinski definition) is 2. The summed E-state index contributed by atoms with van der Waals surface area (Å²) in [4.78, 5) is 4.34. The van der Waals surface area contributed by atoms with Gasteiger partial charge in [-0.3, -0.25) is 4.98 Å². The number of hydrogen-bond donors (Lipinski definition) is 0. The number of nitriles is 1. The van der Waals surface area contributed by atoms with Gasteiger partial charge in [0.1, 0.15) is 6.07 Å². The van der Waals surface area contributed by atoms with Crippen molar-refractivity contribution in [1.29, 1.82) is 5.26 Å². The monoisotopic (exact) mass is 209 g/mol. The van der Waals surface area contributed by atoms with Crippen molar-refractivity contribution in [2.75, 3.05) is 0 Å². The van der Waals surface area contributed by atoms with Crippen LogP contribution in [0.2, 0.25) is 0 Å². The summed E-state index contributed by atoms with van der Waals surface area (Å²) in [6, 6.07) is 10.1. The van der Waals surface area contributed by atoms with Crippen LogP contribution in [-0.2, 0) is 13.0 Å². The van der Waals surface area contributed by atoms with Gasteiger partial charge in [-0.05, 0) is 31.0 Å². The molecule has 0 N–H and O–H groups in total. The minimum atomic E-state index is 0.804. The second-order valence-corrected chi connectivity index (χ2v) is 3.97. The molecule has 2 aromatic heterocycles. The highest BCUT2D eigenvalue weighted by atomic mass is 15.0. The van der Waals surface area contributed by atoms with E-state index in [1.807, 2.05) is 24.3 Å². The third-order valence-corrected chi connectivity index (χ3v) is 3.05. The van der Waals surface area contributed by atoms with Gasteiger partial charge in [-0.15, -0.1) is 0 Å². The first-order valence-electron chi connectivity index (χ1n) is 5.44. The Morgan fingerprint density at radius 2 is 2.31 bits per heavy atom. The van der Waals surface area contributed by atoms with Gasteiger partial charge in [0.25, 0.3) is 0 Å². The van der Waals surface area contributed by atoms with Gasteiger partial charge >= 0.3 is 0 Å². The van der Waals surface area contributed by atoms with E-state index < -0.39 is 0 Å². The fourth-order valence-electron chi connectivity index (χ4n) is 2.34. The molecule has 3 rings (SSSR count). The van der Waals surface area contributed by atoms with Crippen molar-refractivity contribution in [2.24, 2.45) is 0 Å². The first-order chi connectivity index (χ1) is 7.90. The molecule has 1 aliphatic rings. The van der Waals surface area contributed by atoms with Crippen molar-refractivity contribution in [3.8, 4) is 17.5 Å². The van der Waals surface area contributed by atoms with E-state index in [1.165, 1.54) is 5.69 Å². The molecule has 0 amide bonds. The van der Waals surface area contributed by atoms with E-state index in [9.17, 15) is 0 Å². The maximum absolute atomic E-state index is 9.08. The van der Waals surface area contributed by atoms with Crippen LogP contribution in [0.4, 0.5) is 0 Å². The summed E-state index contributed by atoms with van der Waals surface area (Å²) >= 11 is 0. The average molecular weight is 209 g/mol. The Hall–Kier alpha value is -2.08. The van der Waals surface area contributed by atoms with Crippen LogP contribution >= 0.6 is 0 Å². The van der Waals surface area contributed by atoms with E-state index in [1.54, 1.807) is 6.20 Å². The fourth-order valence-corrected chi connectivity index (χ4v) is 2.34. The lowest BCUT2D eigenvalue weighted by Gasteiger charge is -2.04. The average Bonchev–Trinajstić information content (AvgIpc) is 2.91. The summed E-state index contributed by atoms with van der Waals surface area (Å²) in [5.74, 6) is 0. The van der Waals surface area contributed by atoms with Crippen molar-refractivity contribution in [3.05, 3.63) is 41.7 Å². The Bertz CT molecular complexity index is 561. The SMILES string of the molecule is N#Cc1cc(-c2ccccn2)n2c1CCC2. The van der Waals surface area contributed by atoms with Crippen LogP contribution in [0.15, 0.2) is 30.5 Å². The quantitative estimate of drug-likeness (QED) is 0.723. The van der Waals surface area contributed by atoms with E-state index in [-0.39, 0.29) is 0 Å². The topological polar surface area (TPSA) is 41.6 Å². The molecule has 0 spiro atoms. The van der Waals surface area contributed by atoms with Crippen molar-refractivity contribution in [1.82, 2.24) is 9.55 Å². The van der Waals surface area contributed by atoms with Crippen LogP contribution in [0, 0.1) is 11.3 Å². The Balaban J connectivity index is 2.20. The van der Waals surface area contributed by atoms with Crippen molar-refractivity contribution < 1.29 is 0 Å². The van der Waals surface area contributed by atoms with E-state index in [0.29, 0.717) is 0 Å². The summed E-state index contributed by atoms with van der Waals surface area (Å²) in [6.45, 7) is 1.00. The normalized spacial score (nSPS) is 13.4. The van der Waals surface area contributed by atoms with Crippen LogP contribution in [-0.4, -0.2) is 9.55 Å². The molecule has 0 fully saturated rings. The maximum Gasteiger partial charge on any atom is 0.101 e. The van der Waals surface area contributed by atoms with E-state index >= 15 is 0 Å². The molecule has 0 radical (unpaired) electrons. The highest BCUT2D eigenvalue weighted by Gasteiger charge is 2.20. The zero-order chi connectivity index (χ0) is 11.0. The second-order valence-electron chi connectivity index (χ2n) is 3.97. The summed E-state index contributed by atoms with van der Waals surface area (Å²) < 4.78 is 2.22. The number of pyridine rings is 1. The largest absolute Gasteiger partial charge is 0.342 e. The summed E-state index contributed by atoms with van der Waals surface area (Å²) in [7, 11) is 0. The molecule has 0 saturated heterocycles. The minimum absolute atomic E-state index is 0.804. The van der Waals surface area contributed by atoms with Gasteiger partial charge in [-0.2, -0.15) is 5.26 Å². The Kier molecular flexibility index (Phi) is 2.00. The summed E-state index contributed by atoms with van der Waals surface area (Å²) in [6.07, 6.45) is 3.93. The van der Waals surface area contributed by atoms with Gasteiger partial charge in [0.15, 0.2) is 0 Å². The molecule has 3 nitrogen and oxygen atoms in total. The lowest BCUT2D eigenvalue weighted by atomic mass is 10.2. The van der Waals surface area contributed by atoms with Crippen molar-refractivity contribution in [2.45, 2.75) is 19.4 Å². The van der Waals surface area contributed by atoms with Gasteiger partial charge in [0.2, 0.25) is 0 Å². The molecule has 3 heteroatoms. The molecule has 0 saturated carbocycles. The predicted molar refractivity (Wildman–Crippen MR) is 60.7 cm³/mol. The third kappa shape index (κ3) is 1.24. The van der Waals surface area contributed by atoms with Gasteiger partial charge < -0.3 is 4.57 Å². The molecule has 1 aliphatic heterocycles. The Morgan fingerprint density at radius 1 is 1.38 bits per heavy atom. The van der Waals surface area contributed by atoms with Gasteiger partial charge in [0, 0.05) is 18.4 Å². The Morgan fingerprint density at radius 3 is 3.06 bits per heavy atom. The molecule has 78 valence electrons. The van der Waals surface area contributed by atoms with Crippen molar-refractivity contribution >= 4 is 0 Å². The van der Waals surface area contributed by atoms with Crippen LogP contribution < -0.4 is 0 Å². The predicted octanol–water partition coefficient (Wildman–Crippen LogP) is 2.37. The molecule has 0 bridgehead atoms. The smallest absolute Gasteiger partial charge is 0.101 e. The lowest BCUT2D eigenvalue weighted by Crippen LogP contribution is -1.96. The fraction of sp³-hybridized carbons (Fsp3) is 0.231. The zero-order valence-electron chi connectivity index (χ0n) is 8.85. The maximum atomic E-state index is 9.08. The standard InChI is InChI=1S/C13H11N3/c14-9-10-8-13(11-4-1-2-6-15-11)16-7-3-5-12(10)16/h1-2,4,6,8H,3,5,7H2. The van der Waals surface area contributed by atoms with Gasteiger partial charge in [-0.25, -0.2) is 0 Å². The second kappa shape index (κ2) is 3.49. The molecule has 0 unspecified atom stereocenters. The highest BCUT2D eigenvalue weighted by molar-refractivity contribution is 5.61. The molecule has 0 aromatic carbocycles. The zero-order valence-corrected chi connectivity index (χ0v) is 8.85. The van der Waals surface area contributed by atoms with E-state index in [0.717, 1.165) is 36.3 Å². The highest BCUT2D eigenvalue weighted by Crippen LogP contribution is 2.29. The number of nitrogens with zero attached hydrogens (tertiary/aromatic N) is 3. The van der Waals surface area contributed by atoms with Gasteiger partial charge in [0.05, 0.1) is 17.0 Å².